The van der Waals surface area contributed by atoms with E-state index in [4.69, 9.17) is 16.3 Å². The van der Waals surface area contributed by atoms with Crippen LogP contribution in [0.3, 0.4) is 0 Å². The zero-order chi connectivity index (χ0) is 19.8. The van der Waals surface area contributed by atoms with Gasteiger partial charge in [0.25, 0.3) is 5.91 Å². The van der Waals surface area contributed by atoms with Crippen LogP contribution in [-0.2, 0) is 5.75 Å². The number of hydrogen-bond donors (Lipinski definition) is 1. The van der Waals surface area contributed by atoms with Crippen molar-refractivity contribution in [1.29, 1.82) is 0 Å². The Kier molecular flexibility index (Phi) is 7.12. The van der Waals surface area contributed by atoms with E-state index in [0.717, 1.165) is 32.5 Å². The van der Waals surface area contributed by atoms with Gasteiger partial charge in [0, 0.05) is 21.2 Å². The Bertz CT molecular complexity index is 940. The van der Waals surface area contributed by atoms with Crippen LogP contribution in [0.5, 0.6) is 5.75 Å². The zero-order valence-electron chi connectivity index (χ0n) is 15.3. The van der Waals surface area contributed by atoms with Gasteiger partial charge in [-0.05, 0) is 71.8 Å². The van der Waals surface area contributed by atoms with Crippen LogP contribution in [0.15, 0.2) is 82.8 Å². The summed E-state index contributed by atoms with van der Waals surface area (Å²) in [5, 5.41) is 4.73. The molecule has 0 aromatic heterocycles. The van der Waals surface area contributed by atoms with Crippen molar-refractivity contribution in [2.45, 2.75) is 10.6 Å². The largest absolute Gasteiger partial charge is 0.497 e. The highest BCUT2D eigenvalue weighted by Crippen LogP contribution is 2.24. The number of hydrogen-bond acceptors (Lipinski definition) is 4. The molecule has 142 valence electrons. The highest BCUT2D eigenvalue weighted by Gasteiger charge is 2.04. The molecule has 3 aromatic rings. The Labute approximate surface area is 173 Å². The number of nitrogens with zero attached hydrogens (tertiary/aromatic N) is 1. The first-order valence-corrected chi connectivity index (χ1v) is 9.95. The third-order valence-corrected chi connectivity index (χ3v) is 5.27. The van der Waals surface area contributed by atoms with Crippen molar-refractivity contribution in [3.8, 4) is 5.75 Å². The summed E-state index contributed by atoms with van der Waals surface area (Å²) < 4.78 is 5.11. The number of ether oxygens (including phenoxy) is 1. The average molecular weight is 411 g/mol. The molecule has 28 heavy (non-hydrogen) atoms. The van der Waals surface area contributed by atoms with Gasteiger partial charge in [0.1, 0.15) is 5.75 Å². The average Bonchev–Trinajstić information content (AvgIpc) is 2.74. The highest BCUT2D eigenvalue weighted by atomic mass is 35.5. The summed E-state index contributed by atoms with van der Waals surface area (Å²) in [5.41, 5.74) is 5.11. The standard InChI is InChI=1S/C22H19ClN2O2S/c1-27-20-10-4-16(5-11-20)14-24-25-22(26)18-6-2-17(3-7-18)15-28-21-12-8-19(23)9-13-21/h2-14H,15H2,1H3,(H,25,26)/b24-14+. The maximum atomic E-state index is 12.2. The minimum absolute atomic E-state index is 0.248. The first kappa shape index (κ1) is 20.0. The molecule has 1 amide bonds. The number of methoxy groups -OCH3 is 1. The maximum Gasteiger partial charge on any atom is 0.271 e. The number of halogens is 1. The molecule has 0 aliphatic heterocycles. The van der Waals surface area contributed by atoms with Crippen molar-refractivity contribution in [2.24, 2.45) is 5.10 Å². The van der Waals surface area contributed by atoms with Crippen LogP contribution < -0.4 is 10.2 Å². The number of carbonyl (C=O) groups is 1. The lowest BCUT2D eigenvalue weighted by Gasteiger charge is -2.04. The second-order valence-electron chi connectivity index (χ2n) is 5.91. The number of carbonyl (C=O) groups excluding carboxylic acids is 1. The van der Waals surface area contributed by atoms with Gasteiger partial charge in [-0.25, -0.2) is 5.43 Å². The fourth-order valence-electron chi connectivity index (χ4n) is 2.37. The van der Waals surface area contributed by atoms with E-state index >= 15 is 0 Å². The molecule has 3 aromatic carbocycles. The van der Waals surface area contributed by atoms with Gasteiger partial charge in [-0.2, -0.15) is 5.10 Å². The quantitative estimate of drug-likeness (QED) is 0.322. The first-order valence-electron chi connectivity index (χ1n) is 8.59. The molecule has 0 bridgehead atoms. The molecule has 0 aliphatic rings. The fourth-order valence-corrected chi connectivity index (χ4v) is 3.35. The monoisotopic (exact) mass is 410 g/mol. The van der Waals surface area contributed by atoms with E-state index < -0.39 is 0 Å². The van der Waals surface area contributed by atoms with Crippen LogP contribution in [0.4, 0.5) is 0 Å². The number of amides is 1. The predicted molar refractivity (Wildman–Crippen MR) is 116 cm³/mol. The van der Waals surface area contributed by atoms with Crippen LogP contribution in [0.1, 0.15) is 21.5 Å². The maximum absolute atomic E-state index is 12.2. The van der Waals surface area contributed by atoms with Gasteiger partial charge in [0.2, 0.25) is 0 Å². The van der Waals surface area contributed by atoms with Crippen LogP contribution in [-0.4, -0.2) is 19.2 Å². The molecule has 1 N–H and O–H groups in total. The minimum Gasteiger partial charge on any atom is -0.497 e. The molecule has 0 aliphatic carbocycles. The van der Waals surface area contributed by atoms with Gasteiger partial charge >= 0.3 is 0 Å². The Morgan fingerprint density at radius 1 is 1.04 bits per heavy atom. The third-order valence-electron chi connectivity index (χ3n) is 3.93. The Morgan fingerprint density at radius 2 is 1.71 bits per heavy atom. The van der Waals surface area contributed by atoms with E-state index in [9.17, 15) is 4.79 Å². The lowest BCUT2D eigenvalue weighted by atomic mass is 10.1. The number of hydrazone groups is 1. The predicted octanol–water partition coefficient (Wildman–Crippen LogP) is 5.40. The molecule has 0 saturated carbocycles. The van der Waals surface area contributed by atoms with Gasteiger partial charge < -0.3 is 4.74 Å². The van der Waals surface area contributed by atoms with E-state index in [0.29, 0.717) is 5.56 Å². The van der Waals surface area contributed by atoms with E-state index in [1.54, 1.807) is 37.2 Å². The molecule has 0 radical (unpaired) electrons. The topological polar surface area (TPSA) is 50.7 Å². The normalized spacial score (nSPS) is 10.8. The molecular formula is C22H19ClN2O2S. The summed E-state index contributed by atoms with van der Waals surface area (Å²) in [5.74, 6) is 1.34. The summed E-state index contributed by atoms with van der Waals surface area (Å²) in [6, 6.07) is 22.7. The second kappa shape index (κ2) is 9.97. The molecule has 0 fully saturated rings. The Morgan fingerprint density at radius 3 is 2.36 bits per heavy atom. The SMILES string of the molecule is COc1ccc(/C=N/NC(=O)c2ccc(CSc3ccc(Cl)cc3)cc2)cc1. The molecule has 0 atom stereocenters. The summed E-state index contributed by atoms with van der Waals surface area (Å²) in [6.07, 6.45) is 1.59. The van der Waals surface area contributed by atoms with Crippen LogP contribution in [0.25, 0.3) is 0 Å². The lowest BCUT2D eigenvalue weighted by Crippen LogP contribution is -2.17. The molecule has 0 saturated heterocycles. The molecule has 0 heterocycles. The second-order valence-corrected chi connectivity index (χ2v) is 7.40. The fraction of sp³-hybridized carbons (Fsp3) is 0.0909. The summed E-state index contributed by atoms with van der Waals surface area (Å²) in [7, 11) is 1.62. The highest BCUT2D eigenvalue weighted by molar-refractivity contribution is 7.98. The minimum atomic E-state index is -0.248. The van der Waals surface area contributed by atoms with Crippen molar-refractivity contribution in [3.05, 3.63) is 94.5 Å². The van der Waals surface area contributed by atoms with E-state index in [2.05, 4.69) is 10.5 Å². The van der Waals surface area contributed by atoms with Gasteiger partial charge in [0.05, 0.1) is 13.3 Å². The smallest absolute Gasteiger partial charge is 0.271 e. The number of benzene rings is 3. The van der Waals surface area contributed by atoms with Crippen molar-refractivity contribution in [2.75, 3.05) is 7.11 Å². The molecule has 6 heteroatoms. The third kappa shape index (κ3) is 5.87. The van der Waals surface area contributed by atoms with E-state index in [-0.39, 0.29) is 5.91 Å². The van der Waals surface area contributed by atoms with Gasteiger partial charge in [-0.3, -0.25) is 4.79 Å². The number of thioether (sulfide) groups is 1. The van der Waals surface area contributed by atoms with Crippen molar-refractivity contribution in [1.82, 2.24) is 5.43 Å². The zero-order valence-corrected chi connectivity index (χ0v) is 16.8. The van der Waals surface area contributed by atoms with Crippen molar-refractivity contribution < 1.29 is 9.53 Å². The van der Waals surface area contributed by atoms with Crippen LogP contribution >= 0.6 is 23.4 Å². The summed E-state index contributed by atoms with van der Waals surface area (Å²) in [6.45, 7) is 0. The molecule has 3 rings (SSSR count). The molecular weight excluding hydrogens is 392 g/mol. The van der Waals surface area contributed by atoms with Crippen LogP contribution in [0, 0.1) is 0 Å². The summed E-state index contributed by atoms with van der Waals surface area (Å²) >= 11 is 7.62. The Balaban J connectivity index is 1.51. The Hall–Kier alpha value is -2.76. The summed E-state index contributed by atoms with van der Waals surface area (Å²) in [4.78, 5) is 13.3. The van der Waals surface area contributed by atoms with E-state index in [1.807, 2.05) is 60.7 Å². The number of nitrogens with one attached hydrogen (secondary N) is 1. The number of rotatable bonds is 7. The van der Waals surface area contributed by atoms with E-state index in [1.165, 1.54) is 0 Å². The first-order chi connectivity index (χ1) is 13.6. The van der Waals surface area contributed by atoms with Crippen molar-refractivity contribution in [3.63, 3.8) is 0 Å². The molecule has 4 nitrogen and oxygen atoms in total. The van der Waals surface area contributed by atoms with Gasteiger partial charge in [-0.15, -0.1) is 11.8 Å². The van der Waals surface area contributed by atoms with Crippen molar-refractivity contribution >= 4 is 35.5 Å². The van der Waals surface area contributed by atoms with Gasteiger partial charge in [0.15, 0.2) is 0 Å². The van der Waals surface area contributed by atoms with Crippen LogP contribution in [0.2, 0.25) is 5.02 Å². The lowest BCUT2D eigenvalue weighted by molar-refractivity contribution is 0.0955. The molecule has 0 unspecified atom stereocenters. The van der Waals surface area contributed by atoms with Gasteiger partial charge in [-0.1, -0.05) is 23.7 Å². The molecule has 0 spiro atoms.